The maximum Gasteiger partial charge on any atom is -0.0357 e. The fraction of sp³-hybridized carbons (Fsp3) is 1.00. The average molecular weight is 194 g/mol. The van der Waals surface area contributed by atoms with Gasteiger partial charge in [-0.15, -0.1) is 0 Å². The van der Waals surface area contributed by atoms with Crippen LogP contribution in [0, 0.1) is 29.6 Å². The van der Waals surface area contributed by atoms with Crippen molar-refractivity contribution < 1.29 is 0 Å². The van der Waals surface area contributed by atoms with Gasteiger partial charge in [-0.25, -0.2) is 0 Å². The molecule has 0 spiro atoms. The SMILES string of the molecule is CC1CCCC(C2CC2C)CC(C)C1. The molecule has 82 valence electrons. The summed E-state index contributed by atoms with van der Waals surface area (Å²) in [5.41, 5.74) is 0. The lowest BCUT2D eigenvalue weighted by molar-refractivity contribution is 0.244. The van der Waals surface area contributed by atoms with Gasteiger partial charge in [-0.2, -0.15) is 0 Å². The Bertz CT molecular complexity index is 184. The van der Waals surface area contributed by atoms with Gasteiger partial charge in [0.25, 0.3) is 0 Å². The first-order valence-corrected chi connectivity index (χ1v) is 6.66. The lowest BCUT2D eigenvalue weighted by atomic mass is 9.79. The maximum atomic E-state index is 2.47. The molecule has 0 aromatic carbocycles. The minimum absolute atomic E-state index is 0.988. The molecule has 0 aliphatic heterocycles. The summed E-state index contributed by atoms with van der Waals surface area (Å²) in [6.45, 7) is 7.36. The fourth-order valence-corrected chi connectivity index (χ4v) is 3.66. The zero-order valence-electron chi connectivity index (χ0n) is 10.1. The third kappa shape index (κ3) is 2.52. The predicted octanol–water partition coefficient (Wildman–Crippen LogP) is 4.49. The van der Waals surface area contributed by atoms with Crippen LogP contribution in [0.25, 0.3) is 0 Å². The minimum atomic E-state index is 0.988. The molecule has 2 fully saturated rings. The van der Waals surface area contributed by atoms with Crippen molar-refractivity contribution in [2.75, 3.05) is 0 Å². The van der Waals surface area contributed by atoms with Gasteiger partial charge in [0.1, 0.15) is 0 Å². The molecule has 0 radical (unpaired) electrons. The molecule has 0 aromatic rings. The van der Waals surface area contributed by atoms with Crippen molar-refractivity contribution in [1.82, 2.24) is 0 Å². The highest BCUT2D eigenvalue weighted by molar-refractivity contribution is 4.89. The van der Waals surface area contributed by atoms with Crippen molar-refractivity contribution in [2.24, 2.45) is 29.6 Å². The summed E-state index contributed by atoms with van der Waals surface area (Å²) >= 11 is 0. The standard InChI is InChI=1S/C14H26/c1-10-5-4-6-13(8-11(2)7-10)14-9-12(14)3/h10-14H,4-9H2,1-3H3. The van der Waals surface area contributed by atoms with Crippen molar-refractivity contribution >= 4 is 0 Å². The molecule has 2 rings (SSSR count). The van der Waals surface area contributed by atoms with Gasteiger partial charge in [-0.1, -0.05) is 40.0 Å². The van der Waals surface area contributed by atoms with Gasteiger partial charge in [-0.05, 0) is 48.9 Å². The van der Waals surface area contributed by atoms with Crippen LogP contribution in [-0.4, -0.2) is 0 Å². The Hall–Kier alpha value is 0. The summed E-state index contributed by atoms with van der Waals surface area (Å²) in [6, 6.07) is 0. The van der Waals surface area contributed by atoms with Crippen LogP contribution in [0.3, 0.4) is 0 Å². The van der Waals surface area contributed by atoms with Crippen molar-refractivity contribution in [3.63, 3.8) is 0 Å². The highest BCUT2D eigenvalue weighted by Gasteiger charge is 2.39. The summed E-state index contributed by atoms with van der Waals surface area (Å²) in [4.78, 5) is 0. The zero-order valence-corrected chi connectivity index (χ0v) is 10.1. The number of hydrogen-bond donors (Lipinski definition) is 0. The molecule has 0 nitrogen and oxygen atoms in total. The van der Waals surface area contributed by atoms with Crippen LogP contribution in [0.15, 0.2) is 0 Å². The smallest absolute Gasteiger partial charge is 0.0357 e. The molecule has 5 atom stereocenters. The monoisotopic (exact) mass is 194 g/mol. The number of hydrogen-bond acceptors (Lipinski definition) is 0. The van der Waals surface area contributed by atoms with Gasteiger partial charge in [-0.3, -0.25) is 0 Å². The molecule has 0 aromatic heterocycles. The van der Waals surface area contributed by atoms with Crippen molar-refractivity contribution in [1.29, 1.82) is 0 Å². The first-order valence-electron chi connectivity index (χ1n) is 6.66. The second kappa shape index (κ2) is 4.24. The van der Waals surface area contributed by atoms with E-state index in [1.165, 1.54) is 38.5 Å². The molecule has 0 amide bonds. The normalized spacial score (nSPS) is 49.5. The summed E-state index contributed by atoms with van der Waals surface area (Å²) in [7, 11) is 0. The third-order valence-corrected chi connectivity index (χ3v) is 4.56. The van der Waals surface area contributed by atoms with Gasteiger partial charge in [0.2, 0.25) is 0 Å². The Balaban J connectivity index is 1.86. The molecule has 2 aliphatic rings. The van der Waals surface area contributed by atoms with E-state index in [0.717, 1.165) is 29.6 Å². The predicted molar refractivity (Wildman–Crippen MR) is 62.2 cm³/mol. The van der Waals surface area contributed by atoms with Crippen LogP contribution in [0.5, 0.6) is 0 Å². The van der Waals surface area contributed by atoms with Crippen LogP contribution in [0.4, 0.5) is 0 Å². The van der Waals surface area contributed by atoms with Crippen LogP contribution < -0.4 is 0 Å². The highest BCUT2D eigenvalue weighted by Crippen LogP contribution is 2.49. The Labute approximate surface area is 89.5 Å². The average Bonchev–Trinajstić information content (AvgIpc) is 2.77. The van der Waals surface area contributed by atoms with E-state index >= 15 is 0 Å². The Morgan fingerprint density at radius 1 is 0.786 bits per heavy atom. The van der Waals surface area contributed by atoms with Crippen LogP contribution >= 0.6 is 0 Å². The molecule has 0 heterocycles. The molecular weight excluding hydrogens is 168 g/mol. The van der Waals surface area contributed by atoms with Gasteiger partial charge < -0.3 is 0 Å². The van der Waals surface area contributed by atoms with Crippen molar-refractivity contribution in [2.45, 2.75) is 59.3 Å². The molecule has 0 heteroatoms. The molecule has 2 saturated carbocycles. The fourth-order valence-electron chi connectivity index (χ4n) is 3.66. The first kappa shape index (κ1) is 10.5. The van der Waals surface area contributed by atoms with Gasteiger partial charge in [0, 0.05) is 0 Å². The van der Waals surface area contributed by atoms with E-state index in [2.05, 4.69) is 20.8 Å². The number of rotatable bonds is 1. The van der Waals surface area contributed by atoms with Gasteiger partial charge >= 0.3 is 0 Å². The highest BCUT2D eigenvalue weighted by atomic mass is 14.4. The van der Waals surface area contributed by atoms with E-state index in [0.29, 0.717) is 0 Å². The second-order valence-corrected chi connectivity index (χ2v) is 6.25. The third-order valence-electron chi connectivity index (χ3n) is 4.56. The van der Waals surface area contributed by atoms with Gasteiger partial charge in [0.05, 0.1) is 0 Å². The summed E-state index contributed by atoms with van der Waals surface area (Å²) in [6.07, 6.45) is 9.07. The lowest BCUT2D eigenvalue weighted by Crippen LogP contribution is -2.15. The maximum absolute atomic E-state index is 2.47. The lowest BCUT2D eigenvalue weighted by Gasteiger charge is -2.27. The van der Waals surface area contributed by atoms with Crippen LogP contribution in [-0.2, 0) is 0 Å². The Kier molecular flexibility index (Phi) is 3.19. The summed E-state index contributed by atoms with van der Waals surface area (Å²) in [5.74, 6) is 5.24. The van der Waals surface area contributed by atoms with E-state index in [-0.39, 0.29) is 0 Å². The van der Waals surface area contributed by atoms with Crippen LogP contribution in [0.1, 0.15) is 59.3 Å². The molecular formula is C14H26. The molecule has 0 N–H and O–H groups in total. The molecule has 0 saturated heterocycles. The van der Waals surface area contributed by atoms with Crippen molar-refractivity contribution in [3.05, 3.63) is 0 Å². The largest absolute Gasteiger partial charge is 0.0625 e. The Morgan fingerprint density at radius 2 is 1.50 bits per heavy atom. The van der Waals surface area contributed by atoms with E-state index in [9.17, 15) is 0 Å². The molecule has 14 heavy (non-hydrogen) atoms. The second-order valence-electron chi connectivity index (χ2n) is 6.25. The molecule has 5 unspecified atom stereocenters. The van der Waals surface area contributed by atoms with Crippen LogP contribution in [0.2, 0.25) is 0 Å². The quantitative estimate of drug-likeness (QED) is 0.577. The zero-order chi connectivity index (χ0) is 10.1. The minimum Gasteiger partial charge on any atom is -0.0625 e. The summed E-state index contributed by atoms with van der Waals surface area (Å²) in [5, 5.41) is 0. The molecule has 0 bridgehead atoms. The first-order chi connectivity index (χ1) is 6.66. The van der Waals surface area contributed by atoms with E-state index in [4.69, 9.17) is 0 Å². The van der Waals surface area contributed by atoms with E-state index < -0.39 is 0 Å². The van der Waals surface area contributed by atoms with Crippen molar-refractivity contribution in [3.8, 4) is 0 Å². The van der Waals surface area contributed by atoms with Gasteiger partial charge in [0.15, 0.2) is 0 Å². The van der Waals surface area contributed by atoms with E-state index in [1.54, 1.807) is 0 Å². The Morgan fingerprint density at radius 3 is 2.14 bits per heavy atom. The topological polar surface area (TPSA) is 0 Å². The molecule has 2 aliphatic carbocycles. The summed E-state index contributed by atoms with van der Waals surface area (Å²) < 4.78 is 0. The van der Waals surface area contributed by atoms with E-state index in [1.807, 2.05) is 0 Å².